The van der Waals surface area contributed by atoms with Crippen LogP contribution in [0.25, 0.3) is 0 Å². The predicted molar refractivity (Wildman–Crippen MR) is 88.9 cm³/mol. The lowest BCUT2D eigenvalue weighted by Crippen LogP contribution is -2.55. The maximum Gasteiger partial charge on any atom is 0.416 e. The molecule has 3 N–H and O–H groups in total. The SMILES string of the molecule is NC1(C(=O)NCCc2ccc(C(F)(F)F)cc2)Cc2ccccc2C1. The van der Waals surface area contributed by atoms with Gasteiger partial charge in [0.25, 0.3) is 0 Å². The standard InChI is InChI=1S/C19H19F3N2O/c20-19(21,22)16-7-5-13(6-8-16)9-10-24-17(25)18(23)11-14-3-1-2-4-15(14)12-18/h1-8H,9-12,23H2,(H,24,25). The molecule has 0 aliphatic heterocycles. The number of carbonyl (C=O) groups is 1. The number of hydrogen-bond acceptors (Lipinski definition) is 2. The molecule has 3 rings (SSSR count). The molecule has 0 aromatic heterocycles. The van der Waals surface area contributed by atoms with E-state index in [1.807, 2.05) is 24.3 Å². The van der Waals surface area contributed by atoms with Crippen LogP contribution in [0, 0.1) is 0 Å². The summed E-state index contributed by atoms with van der Waals surface area (Å²) >= 11 is 0. The van der Waals surface area contributed by atoms with Crippen molar-refractivity contribution in [2.24, 2.45) is 5.73 Å². The fourth-order valence-electron chi connectivity index (χ4n) is 3.16. The molecule has 0 saturated heterocycles. The van der Waals surface area contributed by atoms with Gasteiger partial charge in [-0.2, -0.15) is 13.2 Å². The summed E-state index contributed by atoms with van der Waals surface area (Å²) in [6.07, 6.45) is -2.90. The van der Waals surface area contributed by atoms with Gasteiger partial charge in [0, 0.05) is 6.54 Å². The van der Waals surface area contributed by atoms with Crippen molar-refractivity contribution in [3.8, 4) is 0 Å². The summed E-state index contributed by atoms with van der Waals surface area (Å²) in [5.74, 6) is -0.226. The molecule has 0 atom stereocenters. The second-order valence-corrected chi connectivity index (χ2v) is 6.48. The van der Waals surface area contributed by atoms with E-state index in [4.69, 9.17) is 5.73 Å². The minimum atomic E-state index is -4.34. The van der Waals surface area contributed by atoms with E-state index in [0.717, 1.165) is 28.8 Å². The Hall–Kier alpha value is -2.34. The lowest BCUT2D eigenvalue weighted by Gasteiger charge is -2.22. The second kappa shape index (κ2) is 6.52. The third-order valence-electron chi connectivity index (χ3n) is 4.56. The molecule has 3 nitrogen and oxygen atoms in total. The second-order valence-electron chi connectivity index (χ2n) is 6.48. The minimum Gasteiger partial charge on any atom is -0.354 e. The first-order chi connectivity index (χ1) is 11.8. The Kier molecular flexibility index (Phi) is 4.56. The van der Waals surface area contributed by atoms with E-state index < -0.39 is 17.3 Å². The Labute approximate surface area is 144 Å². The van der Waals surface area contributed by atoms with Gasteiger partial charge in [-0.05, 0) is 48.1 Å². The number of amides is 1. The zero-order valence-electron chi connectivity index (χ0n) is 13.6. The first-order valence-electron chi connectivity index (χ1n) is 8.08. The molecule has 2 aromatic carbocycles. The van der Waals surface area contributed by atoms with Gasteiger partial charge in [-0.1, -0.05) is 36.4 Å². The van der Waals surface area contributed by atoms with E-state index in [2.05, 4.69) is 5.32 Å². The number of carbonyl (C=O) groups excluding carboxylic acids is 1. The molecule has 0 unspecified atom stereocenters. The summed E-state index contributed by atoms with van der Waals surface area (Å²) in [6, 6.07) is 12.8. The van der Waals surface area contributed by atoms with Crippen molar-refractivity contribution < 1.29 is 18.0 Å². The van der Waals surface area contributed by atoms with Crippen LogP contribution >= 0.6 is 0 Å². The van der Waals surface area contributed by atoms with Crippen molar-refractivity contribution in [3.05, 3.63) is 70.8 Å². The van der Waals surface area contributed by atoms with E-state index in [-0.39, 0.29) is 5.91 Å². The van der Waals surface area contributed by atoms with Crippen molar-refractivity contribution >= 4 is 5.91 Å². The maximum absolute atomic E-state index is 12.5. The summed E-state index contributed by atoms with van der Waals surface area (Å²) in [7, 11) is 0. The van der Waals surface area contributed by atoms with Gasteiger partial charge in [-0.3, -0.25) is 4.79 Å². The zero-order valence-corrected chi connectivity index (χ0v) is 13.6. The van der Waals surface area contributed by atoms with Crippen molar-refractivity contribution in [2.75, 3.05) is 6.54 Å². The normalized spacial score (nSPS) is 15.7. The molecule has 1 aliphatic carbocycles. The topological polar surface area (TPSA) is 55.1 Å². The molecule has 0 spiro atoms. The summed E-state index contributed by atoms with van der Waals surface area (Å²) in [4.78, 5) is 12.4. The molecule has 25 heavy (non-hydrogen) atoms. The highest BCUT2D eigenvalue weighted by atomic mass is 19.4. The molecule has 1 aliphatic rings. The average molecular weight is 348 g/mol. The number of hydrogen-bond donors (Lipinski definition) is 2. The molecule has 0 heterocycles. The first kappa shape index (κ1) is 17.5. The van der Waals surface area contributed by atoms with E-state index in [9.17, 15) is 18.0 Å². The van der Waals surface area contributed by atoms with E-state index in [1.165, 1.54) is 12.1 Å². The molecule has 0 radical (unpaired) electrons. The number of alkyl halides is 3. The molecule has 0 bridgehead atoms. The Bertz CT molecular complexity index is 744. The van der Waals surface area contributed by atoms with Crippen LogP contribution in [-0.2, 0) is 30.2 Å². The van der Waals surface area contributed by atoms with Crippen LogP contribution in [0.4, 0.5) is 13.2 Å². The Balaban J connectivity index is 1.53. The van der Waals surface area contributed by atoms with Crippen LogP contribution in [-0.4, -0.2) is 18.0 Å². The predicted octanol–water partition coefficient (Wildman–Crippen LogP) is 2.86. The van der Waals surface area contributed by atoms with E-state index >= 15 is 0 Å². The molecule has 0 fully saturated rings. The Morgan fingerprint density at radius 1 is 1.04 bits per heavy atom. The molecule has 0 saturated carbocycles. The summed E-state index contributed by atoms with van der Waals surface area (Å²) in [5, 5.41) is 2.81. The van der Waals surface area contributed by atoms with Gasteiger partial charge in [0.05, 0.1) is 5.56 Å². The van der Waals surface area contributed by atoms with Crippen molar-refractivity contribution in [2.45, 2.75) is 31.0 Å². The zero-order chi connectivity index (χ0) is 18.1. The van der Waals surface area contributed by atoms with Crippen LogP contribution in [0.15, 0.2) is 48.5 Å². The van der Waals surface area contributed by atoms with Crippen molar-refractivity contribution in [1.82, 2.24) is 5.32 Å². The third-order valence-corrected chi connectivity index (χ3v) is 4.56. The van der Waals surface area contributed by atoms with Gasteiger partial charge in [0.2, 0.25) is 5.91 Å². The van der Waals surface area contributed by atoms with Crippen LogP contribution < -0.4 is 11.1 Å². The first-order valence-corrected chi connectivity index (χ1v) is 8.08. The molecule has 2 aromatic rings. The summed E-state index contributed by atoms with van der Waals surface area (Å²) < 4.78 is 37.6. The summed E-state index contributed by atoms with van der Waals surface area (Å²) in [6.45, 7) is 0.333. The number of rotatable bonds is 4. The quantitative estimate of drug-likeness (QED) is 0.893. The highest BCUT2D eigenvalue weighted by molar-refractivity contribution is 5.88. The summed E-state index contributed by atoms with van der Waals surface area (Å²) in [5.41, 5.74) is 7.54. The van der Waals surface area contributed by atoms with Gasteiger partial charge in [-0.15, -0.1) is 0 Å². The van der Waals surface area contributed by atoms with E-state index in [1.54, 1.807) is 0 Å². The molecule has 6 heteroatoms. The molecular formula is C19H19F3N2O. The molecule has 132 valence electrons. The number of nitrogens with one attached hydrogen (secondary N) is 1. The van der Waals surface area contributed by atoms with Crippen molar-refractivity contribution in [1.29, 1.82) is 0 Å². The van der Waals surface area contributed by atoms with Gasteiger partial charge >= 0.3 is 6.18 Å². The van der Waals surface area contributed by atoms with Gasteiger partial charge in [0.1, 0.15) is 5.54 Å². The van der Waals surface area contributed by atoms with Crippen LogP contribution in [0.5, 0.6) is 0 Å². The van der Waals surface area contributed by atoms with Crippen molar-refractivity contribution in [3.63, 3.8) is 0 Å². The molecular weight excluding hydrogens is 329 g/mol. The average Bonchev–Trinajstić information content (AvgIpc) is 2.92. The highest BCUT2D eigenvalue weighted by Gasteiger charge is 2.39. The minimum absolute atomic E-state index is 0.226. The van der Waals surface area contributed by atoms with Crippen LogP contribution in [0.1, 0.15) is 22.3 Å². The number of halogens is 3. The maximum atomic E-state index is 12.5. The molecule has 1 amide bonds. The number of benzene rings is 2. The monoisotopic (exact) mass is 348 g/mol. The largest absolute Gasteiger partial charge is 0.416 e. The Morgan fingerprint density at radius 2 is 1.60 bits per heavy atom. The van der Waals surface area contributed by atoms with Gasteiger partial charge < -0.3 is 11.1 Å². The number of fused-ring (bicyclic) bond motifs is 1. The van der Waals surface area contributed by atoms with Crippen LogP contribution in [0.2, 0.25) is 0 Å². The number of nitrogens with two attached hydrogens (primary N) is 1. The van der Waals surface area contributed by atoms with Gasteiger partial charge in [-0.25, -0.2) is 0 Å². The third kappa shape index (κ3) is 3.85. The Morgan fingerprint density at radius 3 is 2.12 bits per heavy atom. The highest BCUT2D eigenvalue weighted by Crippen LogP contribution is 2.29. The van der Waals surface area contributed by atoms with E-state index in [0.29, 0.717) is 25.8 Å². The van der Waals surface area contributed by atoms with Crippen LogP contribution in [0.3, 0.4) is 0 Å². The van der Waals surface area contributed by atoms with Gasteiger partial charge in [0.15, 0.2) is 0 Å². The lowest BCUT2D eigenvalue weighted by atomic mass is 9.96. The smallest absolute Gasteiger partial charge is 0.354 e. The fraction of sp³-hybridized carbons (Fsp3) is 0.316. The lowest BCUT2D eigenvalue weighted by molar-refractivity contribution is -0.137. The fourth-order valence-corrected chi connectivity index (χ4v) is 3.16.